The largest absolute Gasteiger partial charge is 0.239 e. The lowest BCUT2D eigenvalue weighted by atomic mass is 10.2. The van der Waals surface area contributed by atoms with Crippen LogP contribution in [0.2, 0.25) is 5.54 Å². The van der Waals surface area contributed by atoms with Crippen molar-refractivity contribution in [1.82, 2.24) is 0 Å². The highest BCUT2D eigenvalue weighted by atomic mass is 35.7. The predicted molar refractivity (Wildman–Crippen MR) is 52.4 cm³/mol. The molecule has 0 spiro atoms. The number of hydrogen-bond donors (Lipinski definition) is 0. The van der Waals surface area contributed by atoms with Crippen molar-refractivity contribution in [2.24, 2.45) is 0 Å². The normalized spacial score (nSPS) is 14.1. The van der Waals surface area contributed by atoms with E-state index in [0.717, 1.165) is 0 Å². The van der Waals surface area contributed by atoms with Gasteiger partial charge in [0.1, 0.15) is 0 Å². The molecule has 10 heavy (non-hydrogen) atoms. The van der Waals surface area contributed by atoms with Crippen LogP contribution in [0.1, 0.15) is 39.5 Å². The Morgan fingerprint density at radius 1 is 1.30 bits per heavy atom. The monoisotopic (exact) mass is 198 g/mol. The van der Waals surface area contributed by atoms with Crippen LogP contribution in [-0.4, -0.2) is 7.42 Å². The second-order valence-corrected chi connectivity index (χ2v) is 8.11. The minimum absolute atomic E-state index is 0.592. The van der Waals surface area contributed by atoms with Gasteiger partial charge in [-0.05, 0) is 5.54 Å². The van der Waals surface area contributed by atoms with Crippen molar-refractivity contribution in [2.75, 3.05) is 0 Å². The fourth-order valence-corrected chi connectivity index (χ4v) is 2.09. The van der Waals surface area contributed by atoms with E-state index in [9.17, 15) is 0 Å². The van der Waals surface area contributed by atoms with Gasteiger partial charge in [0.15, 0.2) is 0 Å². The summed E-state index contributed by atoms with van der Waals surface area (Å²) in [4.78, 5) is 0. The first-order valence-corrected chi connectivity index (χ1v) is 8.12. The Kier molecular flexibility index (Phi) is 7.02. The van der Waals surface area contributed by atoms with Gasteiger partial charge in [0.05, 0.1) is 0 Å². The highest BCUT2D eigenvalue weighted by Gasteiger charge is 2.12. The van der Waals surface area contributed by atoms with Crippen molar-refractivity contribution in [1.29, 1.82) is 0 Å². The van der Waals surface area contributed by atoms with Crippen molar-refractivity contribution >= 4 is 29.6 Å². The van der Waals surface area contributed by atoms with Crippen LogP contribution in [0, 0.1) is 0 Å². The molecule has 0 bridgehead atoms. The molecule has 0 heterocycles. The van der Waals surface area contributed by atoms with Gasteiger partial charge in [0.2, 0.25) is 7.42 Å². The van der Waals surface area contributed by atoms with Gasteiger partial charge in [-0.15, -0.1) is 0 Å². The highest BCUT2D eigenvalue weighted by molar-refractivity contribution is 7.34. The molecule has 0 saturated heterocycles. The van der Waals surface area contributed by atoms with Crippen molar-refractivity contribution in [3.05, 3.63) is 0 Å². The van der Waals surface area contributed by atoms with Crippen LogP contribution in [0.25, 0.3) is 0 Å². The summed E-state index contributed by atoms with van der Waals surface area (Å²) in [5.74, 6) is 0. The lowest BCUT2D eigenvalue weighted by molar-refractivity contribution is 0.653. The van der Waals surface area contributed by atoms with Crippen LogP contribution in [0.4, 0.5) is 0 Å². The summed E-state index contributed by atoms with van der Waals surface area (Å²) in [6.07, 6.45) is 5.11. The molecule has 0 aliphatic carbocycles. The predicted octanol–water partition coefficient (Wildman–Crippen LogP) is 3.65. The SMILES string of the molecule is CCCCCC(C)[SiH](Cl)Cl. The third-order valence-electron chi connectivity index (χ3n) is 1.69. The zero-order valence-electron chi connectivity index (χ0n) is 6.74. The topological polar surface area (TPSA) is 0 Å². The summed E-state index contributed by atoms with van der Waals surface area (Å²) in [6.45, 7) is 4.37. The molecule has 0 rings (SSSR count). The van der Waals surface area contributed by atoms with E-state index in [2.05, 4.69) is 13.8 Å². The summed E-state index contributed by atoms with van der Waals surface area (Å²) >= 11 is 11.6. The number of halogens is 2. The average molecular weight is 199 g/mol. The molecule has 0 aromatic carbocycles. The Balaban J connectivity index is 3.13. The molecule has 0 aliphatic heterocycles. The Hall–Kier alpha value is 0.797. The molecule has 62 valence electrons. The van der Waals surface area contributed by atoms with Gasteiger partial charge in [0, 0.05) is 0 Å². The smallest absolute Gasteiger partial charge is 0.150 e. The van der Waals surface area contributed by atoms with Gasteiger partial charge in [-0.3, -0.25) is 0 Å². The Labute approximate surface area is 74.9 Å². The van der Waals surface area contributed by atoms with Gasteiger partial charge in [0.25, 0.3) is 0 Å². The Bertz CT molecular complexity index is 76.0. The highest BCUT2D eigenvalue weighted by Crippen LogP contribution is 2.22. The molecular weight excluding hydrogens is 183 g/mol. The van der Waals surface area contributed by atoms with E-state index in [1.54, 1.807) is 0 Å². The first-order valence-electron chi connectivity index (χ1n) is 3.96. The number of rotatable bonds is 5. The van der Waals surface area contributed by atoms with Crippen molar-refractivity contribution in [3.63, 3.8) is 0 Å². The molecule has 0 fully saturated rings. The van der Waals surface area contributed by atoms with E-state index in [1.165, 1.54) is 25.7 Å². The first-order chi connectivity index (χ1) is 4.68. The second kappa shape index (κ2) is 6.50. The lowest BCUT2D eigenvalue weighted by Gasteiger charge is -2.08. The molecule has 0 aliphatic rings. The summed E-state index contributed by atoms with van der Waals surface area (Å²) < 4.78 is 0. The van der Waals surface area contributed by atoms with Gasteiger partial charge in [-0.2, -0.15) is 22.2 Å². The van der Waals surface area contributed by atoms with E-state index in [1.807, 2.05) is 0 Å². The van der Waals surface area contributed by atoms with Crippen LogP contribution < -0.4 is 0 Å². The molecule has 0 saturated carbocycles. The zero-order valence-corrected chi connectivity index (χ0v) is 9.41. The molecule has 0 nitrogen and oxygen atoms in total. The van der Waals surface area contributed by atoms with Gasteiger partial charge in [-0.1, -0.05) is 39.5 Å². The quantitative estimate of drug-likeness (QED) is 0.360. The van der Waals surface area contributed by atoms with E-state index in [0.29, 0.717) is 5.54 Å². The third-order valence-corrected chi connectivity index (χ3v) is 5.47. The maximum absolute atomic E-state index is 5.81. The average Bonchev–Trinajstić information content (AvgIpc) is 1.88. The molecule has 0 aromatic heterocycles. The van der Waals surface area contributed by atoms with E-state index >= 15 is 0 Å². The van der Waals surface area contributed by atoms with Crippen LogP contribution in [0.5, 0.6) is 0 Å². The molecule has 0 radical (unpaired) electrons. The maximum Gasteiger partial charge on any atom is 0.239 e. The molecule has 0 N–H and O–H groups in total. The van der Waals surface area contributed by atoms with Crippen molar-refractivity contribution in [2.45, 2.75) is 45.1 Å². The van der Waals surface area contributed by atoms with E-state index < -0.39 is 7.42 Å². The van der Waals surface area contributed by atoms with Crippen molar-refractivity contribution < 1.29 is 0 Å². The summed E-state index contributed by atoms with van der Waals surface area (Å²) in [5, 5.41) is 0. The molecule has 1 unspecified atom stereocenters. The molecule has 3 heteroatoms. The van der Waals surface area contributed by atoms with Gasteiger partial charge >= 0.3 is 0 Å². The number of hydrogen-bond acceptors (Lipinski definition) is 0. The van der Waals surface area contributed by atoms with Crippen molar-refractivity contribution in [3.8, 4) is 0 Å². The fourth-order valence-electron chi connectivity index (χ4n) is 0.842. The summed E-state index contributed by atoms with van der Waals surface area (Å²) in [6, 6.07) is 0. The first kappa shape index (κ1) is 10.8. The molecule has 0 amide bonds. The standard InChI is InChI=1S/C7H16Cl2Si/c1-3-4-5-6-7(2)10(8)9/h7,10H,3-6H2,1-2H3. The van der Waals surface area contributed by atoms with Gasteiger partial charge < -0.3 is 0 Å². The van der Waals surface area contributed by atoms with E-state index in [-0.39, 0.29) is 0 Å². The van der Waals surface area contributed by atoms with Crippen LogP contribution in [0.15, 0.2) is 0 Å². The van der Waals surface area contributed by atoms with Crippen LogP contribution in [-0.2, 0) is 0 Å². The Morgan fingerprint density at radius 3 is 2.30 bits per heavy atom. The molecule has 0 aromatic rings. The van der Waals surface area contributed by atoms with E-state index in [4.69, 9.17) is 22.2 Å². The lowest BCUT2D eigenvalue weighted by Crippen LogP contribution is -2.02. The van der Waals surface area contributed by atoms with Crippen LogP contribution >= 0.6 is 22.2 Å². The summed E-state index contributed by atoms with van der Waals surface area (Å²) in [5.41, 5.74) is 0.592. The van der Waals surface area contributed by atoms with Crippen LogP contribution in [0.3, 0.4) is 0 Å². The van der Waals surface area contributed by atoms with Gasteiger partial charge in [-0.25, -0.2) is 0 Å². The summed E-state index contributed by atoms with van der Waals surface area (Å²) in [7, 11) is -1.36. The zero-order chi connectivity index (χ0) is 7.98. The third kappa shape index (κ3) is 5.57. The molecule has 1 atom stereocenters. The minimum atomic E-state index is -1.36. The molecular formula is C7H16Cl2Si. The second-order valence-electron chi connectivity index (χ2n) is 2.81. The minimum Gasteiger partial charge on any atom is -0.150 e. The maximum atomic E-state index is 5.81. The number of unbranched alkanes of at least 4 members (excludes halogenated alkanes) is 2. The fraction of sp³-hybridized carbons (Fsp3) is 1.00. The Morgan fingerprint density at radius 2 is 1.90 bits per heavy atom.